The fraction of sp³-hybridized carbons (Fsp3) is 0.600. The highest BCUT2D eigenvalue weighted by molar-refractivity contribution is 5.66. The molecule has 0 amide bonds. The second-order valence-electron chi connectivity index (χ2n) is 10.4. The maximum atomic E-state index is 11.8. The third-order valence-corrected chi connectivity index (χ3v) is 7.40. The topological polar surface area (TPSA) is 121 Å². The normalized spacial score (nSPS) is 29.7. The quantitative estimate of drug-likeness (QED) is 0.222. The first kappa shape index (κ1) is 29.3. The molecular weight excluding hydrogens is 504 g/mol. The number of aliphatic carboxylic acids is 1. The van der Waals surface area contributed by atoms with Crippen molar-refractivity contribution in [2.45, 2.75) is 95.8 Å². The number of para-hydroxylation sites is 1. The number of benzene rings is 1. The van der Waals surface area contributed by atoms with Crippen molar-refractivity contribution in [3.63, 3.8) is 0 Å². The third-order valence-electron chi connectivity index (χ3n) is 7.40. The molecule has 0 radical (unpaired) electrons. The van der Waals surface area contributed by atoms with Crippen molar-refractivity contribution in [3.8, 4) is 5.75 Å². The molecule has 0 bridgehead atoms. The lowest BCUT2D eigenvalue weighted by atomic mass is 9.89. The summed E-state index contributed by atoms with van der Waals surface area (Å²) < 4.78 is 30.0. The first-order valence-corrected chi connectivity index (χ1v) is 13.9. The molecule has 3 aliphatic rings. The summed E-state index contributed by atoms with van der Waals surface area (Å²) in [5.41, 5.74) is 0.967. The molecule has 2 unspecified atom stereocenters. The standard InChI is InChI=1S/C30H40O9/c1-20(31)37-27-18-24(32)22(11-4-2-3-5-13-28(33)34)23(27)15-16-26(38-29-14-8-9-17-35-29)30-36-19-21-10-6-7-12-25(21)39-30/h2,4,6-7,10,12,15-16,22-24,26-27,29-30,32H,3,5,8-9,11,13-14,17-19H2,1H3,(H,33,34)/b4-2-,16-15+/t22-,23-,24+,26-,27-,29?,30?/m1/s1. The predicted molar refractivity (Wildman–Crippen MR) is 142 cm³/mol. The Morgan fingerprint density at radius 3 is 2.79 bits per heavy atom. The van der Waals surface area contributed by atoms with Gasteiger partial charge in [0.1, 0.15) is 18.0 Å². The van der Waals surface area contributed by atoms with Crippen molar-refractivity contribution in [2.75, 3.05) is 6.61 Å². The van der Waals surface area contributed by atoms with Crippen LogP contribution in [0.5, 0.6) is 5.75 Å². The van der Waals surface area contributed by atoms with Gasteiger partial charge in [-0.1, -0.05) is 42.5 Å². The van der Waals surface area contributed by atoms with Crippen LogP contribution in [0.3, 0.4) is 0 Å². The fourth-order valence-corrected chi connectivity index (χ4v) is 5.43. The predicted octanol–water partition coefficient (Wildman–Crippen LogP) is 4.52. The Morgan fingerprint density at radius 2 is 2.03 bits per heavy atom. The van der Waals surface area contributed by atoms with Crippen molar-refractivity contribution >= 4 is 11.9 Å². The van der Waals surface area contributed by atoms with Crippen molar-refractivity contribution in [3.05, 3.63) is 54.1 Å². The van der Waals surface area contributed by atoms with Gasteiger partial charge in [0.2, 0.25) is 6.29 Å². The molecular formula is C30H40O9. The van der Waals surface area contributed by atoms with Crippen molar-refractivity contribution in [2.24, 2.45) is 11.8 Å². The number of esters is 1. The average molecular weight is 545 g/mol. The van der Waals surface area contributed by atoms with Crippen LogP contribution >= 0.6 is 0 Å². The largest absolute Gasteiger partial charge is 0.481 e. The smallest absolute Gasteiger partial charge is 0.303 e. The van der Waals surface area contributed by atoms with Crippen LogP contribution in [-0.2, 0) is 35.1 Å². The molecule has 7 atom stereocenters. The summed E-state index contributed by atoms with van der Waals surface area (Å²) in [5.74, 6) is -0.882. The molecule has 1 aliphatic carbocycles. The first-order chi connectivity index (χ1) is 18.9. The molecule has 2 fully saturated rings. The summed E-state index contributed by atoms with van der Waals surface area (Å²) in [4.78, 5) is 22.6. The molecule has 0 spiro atoms. The zero-order valence-corrected chi connectivity index (χ0v) is 22.5. The van der Waals surface area contributed by atoms with Gasteiger partial charge in [0.15, 0.2) is 6.29 Å². The Labute approximate surface area is 229 Å². The minimum absolute atomic E-state index is 0.123. The highest BCUT2D eigenvalue weighted by Gasteiger charge is 2.43. The van der Waals surface area contributed by atoms with E-state index in [-0.39, 0.29) is 24.5 Å². The van der Waals surface area contributed by atoms with Crippen LogP contribution in [0.1, 0.15) is 63.9 Å². The minimum atomic E-state index is -0.811. The molecule has 1 saturated heterocycles. The Kier molecular flexibility index (Phi) is 11.0. The molecule has 2 aliphatic heterocycles. The second-order valence-corrected chi connectivity index (χ2v) is 10.4. The Balaban J connectivity index is 1.49. The van der Waals surface area contributed by atoms with Crippen molar-refractivity contribution < 1.29 is 43.5 Å². The molecule has 39 heavy (non-hydrogen) atoms. The van der Waals surface area contributed by atoms with Crippen LogP contribution < -0.4 is 4.74 Å². The monoisotopic (exact) mass is 544 g/mol. The van der Waals surface area contributed by atoms with E-state index in [1.54, 1.807) is 0 Å². The van der Waals surface area contributed by atoms with Gasteiger partial charge in [0.05, 0.1) is 12.7 Å². The average Bonchev–Trinajstić information content (AvgIpc) is 3.21. The molecule has 2 N–H and O–H groups in total. The van der Waals surface area contributed by atoms with E-state index in [1.165, 1.54) is 6.92 Å². The van der Waals surface area contributed by atoms with Gasteiger partial charge in [-0.15, -0.1) is 0 Å². The number of unbranched alkanes of at least 4 members (excludes halogenated alkanes) is 1. The highest BCUT2D eigenvalue weighted by Crippen LogP contribution is 2.39. The van der Waals surface area contributed by atoms with E-state index in [0.29, 0.717) is 38.9 Å². The molecule has 4 rings (SSSR count). The molecule has 1 aromatic rings. The van der Waals surface area contributed by atoms with Crippen LogP contribution in [-0.4, -0.2) is 59.7 Å². The van der Waals surface area contributed by atoms with Gasteiger partial charge in [-0.3, -0.25) is 9.59 Å². The van der Waals surface area contributed by atoms with E-state index < -0.39 is 36.5 Å². The van der Waals surface area contributed by atoms with E-state index >= 15 is 0 Å². The molecule has 214 valence electrons. The van der Waals surface area contributed by atoms with E-state index in [1.807, 2.05) is 48.6 Å². The Bertz CT molecular complexity index is 1000. The number of hydrogen-bond donors (Lipinski definition) is 2. The van der Waals surface area contributed by atoms with Gasteiger partial charge in [0.25, 0.3) is 0 Å². The number of aliphatic hydroxyl groups is 1. The zero-order chi connectivity index (χ0) is 27.6. The van der Waals surface area contributed by atoms with E-state index in [4.69, 9.17) is 28.8 Å². The van der Waals surface area contributed by atoms with Gasteiger partial charge in [-0.05, 0) is 50.5 Å². The third kappa shape index (κ3) is 8.63. The maximum Gasteiger partial charge on any atom is 0.303 e. The number of rotatable bonds is 12. The van der Waals surface area contributed by atoms with Gasteiger partial charge in [0, 0.05) is 37.9 Å². The van der Waals surface area contributed by atoms with Crippen molar-refractivity contribution in [1.82, 2.24) is 0 Å². The summed E-state index contributed by atoms with van der Waals surface area (Å²) in [6.45, 7) is 2.41. The van der Waals surface area contributed by atoms with Gasteiger partial charge in [-0.25, -0.2) is 0 Å². The Morgan fingerprint density at radius 1 is 1.18 bits per heavy atom. The van der Waals surface area contributed by atoms with Crippen LogP contribution in [0, 0.1) is 11.8 Å². The van der Waals surface area contributed by atoms with Crippen LogP contribution in [0.2, 0.25) is 0 Å². The highest BCUT2D eigenvalue weighted by atomic mass is 16.7. The first-order valence-electron chi connectivity index (χ1n) is 13.9. The van der Waals surface area contributed by atoms with Gasteiger partial charge in [-0.2, -0.15) is 0 Å². The number of carboxylic acids is 1. The summed E-state index contributed by atoms with van der Waals surface area (Å²) in [7, 11) is 0. The number of aliphatic hydroxyl groups excluding tert-OH is 1. The lowest BCUT2D eigenvalue weighted by Gasteiger charge is -2.34. The number of carbonyl (C=O) groups is 2. The van der Waals surface area contributed by atoms with E-state index in [2.05, 4.69) is 0 Å². The van der Waals surface area contributed by atoms with E-state index in [9.17, 15) is 14.7 Å². The SMILES string of the molecule is CC(=O)O[C@@H]1C[C@H](O)[C@H](C/C=C\CCCC(=O)O)[C@H]1/C=C/[C@@H](OC1CCCCO1)C1OCc2ccccc2O1. The molecule has 0 aromatic heterocycles. The summed E-state index contributed by atoms with van der Waals surface area (Å²) in [5, 5.41) is 19.7. The van der Waals surface area contributed by atoms with E-state index in [0.717, 1.165) is 30.6 Å². The van der Waals surface area contributed by atoms with Crippen molar-refractivity contribution in [1.29, 1.82) is 0 Å². The molecule has 2 heterocycles. The number of hydrogen-bond acceptors (Lipinski definition) is 8. The lowest BCUT2D eigenvalue weighted by Crippen LogP contribution is -2.41. The van der Waals surface area contributed by atoms with Crippen LogP contribution in [0.25, 0.3) is 0 Å². The molecule has 1 saturated carbocycles. The van der Waals surface area contributed by atoms with Crippen LogP contribution in [0.15, 0.2) is 48.6 Å². The zero-order valence-electron chi connectivity index (χ0n) is 22.5. The van der Waals surface area contributed by atoms with Gasteiger partial charge >= 0.3 is 11.9 Å². The Hall–Kier alpha value is -2.72. The lowest BCUT2D eigenvalue weighted by molar-refractivity contribution is -0.236. The maximum absolute atomic E-state index is 11.8. The number of fused-ring (bicyclic) bond motifs is 1. The summed E-state index contributed by atoms with van der Waals surface area (Å²) >= 11 is 0. The number of carbonyl (C=O) groups excluding carboxylic acids is 1. The number of allylic oxidation sites excluding steroid dienone is 2. The fourth-order valence-electron chi connectivity index (χ4n) is 5.43. The minimum Gasteiger partial charge on any atom is -0.481 e. The molecule has 9 nitrogen and oxygen atoms in total. The molecule has 1 aromatic carbocycles. The van der Waals surface area contributed by atoms with Crippen LogP contribution in [0.4, 0.5) is 0 Å². The second kappa shape index (κ2) is 14.6. The number of ether oxygens (including phenoxy) is 5. The number of carboxylic acid groups (broad SMARTS) is 1. The summed E-state index contributed by atoms with van der Waals surface area (Å²) in [6, 6.07) is 7.73. The summed E-state index contributed by atoms with van der Waals surface area (Å²) in [6.07, 6.45) is 10.0. The molecule has 9 heteroatoms. The van der Waals surface area contributed by atoms with Gasteiger partial charge < -0.3 is 33.9 Å².